The van der Waals surface area contributed by atoms with Gasteiger partial charge in [0.05, 0.1) is 11.4 Å². The molecule has 1 aliphatic heterocycles. The van der Waals surface area contributed by atoms with E-state index in [0.717, 1.165) is 39.2 Å². The Hall–Kier alpha value is -2.79. The molecule has 0 N–H and O–H groups in total. The molecule has 0 saturated carbocycles. The first-order chi connectivity index (χ1) is 14.9. The van der Waals surface area contributed by atoms with Crippen LogP contribution in [0.5, 0.6) is 0 Å². The first-order valence-corrected chi connectivity index (χ1v) is 11.0. The predicted octanol–water partition coefficient (Wildman–Crippen LogP) is 6.54. The van der Waals surface area contributed by atoms with Crippen LogP contribution in [0.2, 0.25) is 5.02 Å². The van der Waals surface area contributed by atoms with Crippen LogP contribution < -0.4 is 0 Å². The Bertz CT molecular complexity index is 1020. The average molecular weight is 441 g/mol. The molecule has 2 heterocycles. The van der Waals surface area contributed by atoms with Gasteiger partial charge in [-0.2, -0.15) is 0 Å². The summed E-state index contributed by atoms with van der Waals surface area (Å²) in [6, 6.07) is 14.1. The van der Waals surface area contributed by atoms with Crippen LogP contribution in [0.25, 0.3) is 5.69 Å². The van der Waals surface area contributed by atoms with Crippen LogP contribution in [0, 0.1) is 13.8 Å². The van der Waals surface area contributed by atoms with Crippen molar-refractivity contribution < 1.29 is 4.79 Å². The van der Waals surface area contributed by atoms with E-state index in [4.69, 9.17) is 16.6 Å². The van der Waals surface area contributed by atoms with Crippen molar-refractivity contribution in [1.29, 1.82) is 0 Å². The van der Waals surface area contributed by atoms with Gasteiger partial charge in [0.15, 0.2) is 5.82 Å². The number of carbonyl (C=O) groups excluding carboxylic acids is 1. The lowest BCUT2D eigenvalue weighted by atomic mass is 9.96. The highest BCUT2D eigenvalue weighted by Crippen LogP contribution is 2.28. The van der Waals surface area contributed by atoms with Gasteiger partial charge in [-0.25, -0.2) is 0 Å². The van der Waals surface area contributed by atoms with E-state index in [9.17, 15) is 4.79 Å². The number of rotatable bonds is 1. The second-order valence-corrected chi connectivity index (χ2v) is 6.98. The molecule has 0 aliphatic carbocycles. The summed E-state index contributed by atoms with van der Waals surface area (Å²) in [4.78, 5) is 14.3. The third-order valence-electron chi connectivity index (χ3n) is 4.12. The Balaban J connectivity index is 0.000000532. The van der Waals surface area contributed by atoms with Gasteiger partial charge in [-0.3, -0.25) is 9.56 Å². The number of hydrogen-bond acceptors (Lipinski definition) is 4. The molecule has 3 aromatic rings. The van der Waals surface area contributed by atoms with Gasteiger partial charge in [0.2, 0.25) is 0 Å². The standard InChI is InChI=1S/C18H15ClN4.C3H6O.2C2H6/c1-11-4-3-5-15-17(11)18(13-6-8-14(19)9-7-13)20-10-16-22-21-12(2)23(15)16;1-3(2)4;2*1-2/h3-9H,10H2,1-2H3;1-2H3;2*1-2H3. The number of aromatic nitrogens is 3. The summed E-state index contributed by atoms with van der Waals surface area (Å²) in [5.74, 6) is 1.90. The monoisotopic (exact) mass is 440 g/mol. The molecule has 0 saturated heterocycles. The lowest BCUT2D eigenvalue weighted by Crippen LogP contribution is -2.10. The summed E-state index contributed by atoms with van der Waals surface area (Å²) in [6.07, 6.45) is 0. The summed E-state index contributed by atoms with van der Waals surface area (Å²) in [6.45, 7) is 15.6. The molecule has 0 fully saturated rings. The van der Waals surface area contributed by atoms with Crippen molar-refractivity contribution in [1.82, 2.24) is 14.8 Å². The number of aliphatic imine (C=N–C) groups is 1. The maximum atomic E-state index is 9.44. The molecule has 5 nitrogen and oxygen atoms in total. The van der Waals surface area contributed by atoms with E-state index in [1.165, 1.54) is 19.4 Å². The van der Waals surface area contributed by atoms with Gasteiger partial charge in [-0.1, -0.05) is 63.6 Å². The average Bonchev–Trinajstić information content (AvgIpc) is 3.03. The third kappa shape index (κ3) is 6.59. The van der Waals surface area contributed by atoms with Gasteiger partial charge in [0.1, 0.15) is 18.2 Å². The van der Waals surface area contributed by atoms with Crippen LogP contribution in [-0.2, 0) is 11.3 Å². The second-order valence-electron chi connectivity index (χ2n) is 6.55. The van der Waals surface area contributed by atoms with Gasteiger partial charge in [-0.05, 0) is 51.5 Å². The molecule has 0 spiro atoms. The van der Waals surface area contributed by atoms with Crippen molar-refractivity contribution >= 4 is 23.1 Å². The zero-order valence-corrected chi connectivity index (χ0v) is 20.6. The second kappa shape index (κ2) is 12.8. The number of halogens is 1. The predicted molar refractivity (Wildman–Crippen MR) is 131 cm³/mol. The normalized spacial score (nSPS) is 10.9. The van der Waals surface area contributed by atoms with Crippen molar-refractivity contribution in [2.75, 3.05) is 0 Å². The quantitative estimate of drug-likeness (QED) is 0.431. The first kappa shape index (κ1) is 26.2. The molecule has 0 atom stereocenters. The largest absolute Gasteiger partial charge is 0.300 e. The van der Waals surface area contributed by atoms with Crippen LogP contribution in [-0.4, -0.2) is 26.3 Å². The lowest BCUT2D eigenvalue weighted by molar-refractivity contribution is -0.114. The molecular weight excluding hydrogens is 408 g/mol. The SMILES string of the molecule is CC.CC.CC(C)=O.Cc1cccc2c1C(c1ccc(Cl)cc1)=NCc1nnc(C)n1-2. The van der Waals surface area contributed by atoms with E-state index in [0.29, 0.717) is 6.54 Å². The van der Waals surface area contributed by atoms with Crippen molar-refractivity contribution in [2.24, 2.45) is 4.99 Å². The maximum absolute atomic E-state index is 9.44. The van der Waals surface area contributed by atoms with Crippen LogP contribution in [0.1, 0.15) is 69.9 Å². The summed E-state index contributed by atoms with van der Waals surface area (Å²) in [5, 5.41) is 9.20. The zero-order chi connectivity index (χ0) is 23.6. The van der Waals surface area contributed by atoms with Crippen molar-refractivity contribution in [3.63, 3.8) is 0 Å². The summed E-state index contributed by atoms with van der Waals surface area (Å²) >= 11 is 6.03. The molecule has 1 aromatic heterocycles. The number of fused-ring (bicyclic) bond motifs is 3. The number of nitrogens with zero attached hydrogens (tertiary/aromatic N) is 4. The highest BCUT2D eigenvalue weighted by Gasteiger charge is 2.22. The van der Waals surface area contributed by atoms with E-state index in [1.54, 1.807) is 0 Å². The van der Waals surface area contributed by atoms with Crippen LogP contribution >= 0.6 is 11.6 Å². The topological polar surface area (TPSA) is 60.1 Å². The minimum Gasteiger partial charge on any atom is -0.300 e. The van der Waals surface area contributed by atoms with E-state index < -0.39 is 0 Å². The Labute approximate surface area is 191 Å². The molecule has 2 aromatic carbocycles. The van der Waals surface area contributed by atoms with E-state index >= 15 is 0 Å². The van der Waals surface area contributed by atoms with Crippen molar-refractivity contribution in [3.05, 3.63) is 75.8 Å². The summed E-state index contributed by atoms with van der Waals surface area (Å²) in [5.41, 5.74) is 5.41. The van der Waals surface area contributed by atoms with E-state index in [2.05, 4.69) is 39.9 Å². The fraction of sp³-hybridized carbons (Fsp3) is 0.360. The van der Waals surface area contributed by atoms with Gasteiger partial charge < -0.3 is 4.79 Å². The number of Topliss-reactive ketones (excluding diaryl/α,β-unsaturated/α-hetero) is 1. The number of ketones is 1. The van der Waals surface area contributed by atoms with Crippen LogP contribution in [0.15, 0.2) is 47.5 Å². The highest BCUT2D eigenvalue weighted by atomic mass is 35.5. The molecule has 31 heavy (non-hydrogen) atoms. The fourth-order valence-corrected chi connectivity index (χ4v) is 3.17. The highest BCUT2D eigenvalue weighted by molar-refractivity contribution is 6.30. The third-order valence-corrected chi connectivity index (χ3v) is 4.37. The minimum absolute atomic E-state index is 0.167. The maximum Gasteiger partial charge on any atom is 0.159 e. The van der Waals surface area contributed by atoms with Crippen molar-refractivity contribution in [3.8, 4) is 5.69 Å². The van der Waals surface area contributed by atoms with E-state index in [1.807, 2.05) is 58.9 Å². The Morgan fingerprint density at radius 3 is 2.10 bits per heavy atom. The molecular formula is C25H33ClN4O. The molecule has 0 bridgehead atoms. The first-order valence-electron chi connectivity index (χ1n) is 10.7. The molecule has 6 heteroatoms. The Kier molecular flexibility index (Phi) is 10.8. The number of aryl methyl sites for hydroxylation is 2. The number of benzene rings is 2. The molecule has 166 valence electrons. The minimum atomic E-state index is 0.167. The summed E-state index contributed by atoms with van der Waals surface area (Å²) < 4.78 is 2.09. The smallest absolute Gasteiger partial charge is 0.159 e. The lowest BCUT2D eigenvalue weighted by Gasteiger charge is -2.15. The zero-order valence-electron chi connectivity index (χ0n) is 19.8. The van der Waals surface area contributed by atoms with E-state index in [-0.39, 0.29) is 5.78 Å². The van der Waals surface area contributed by atoms with Gasteiger partial charge in [0.25, 0.3) is 0 Å². The van der Waals surface area contributed by atoms with Gasteiger partial charge in [-0.15, -0.1) is 10.2 Å². The van der Waals surface area contributed by atoms with Crippen LogP contribution in [0.4, 0.5) is 0 Å². The van der Waals surface area contributed by atoms with Gasteiger partial charge >= 0.3 is 0 Å². The van der Waals surface area contributed by atoms with Crippen molar-refractivity contribution in [2.45, 2.75) is 61.9 Å². The Morgan fingerprint density at radius 1 is 0.935 bits per heavy atom. The Morgan fingerprint density at radius 2 is 1.52 bits per heavy atom. The molecule has 0 amide bonds. The molecule has 1 aliphatic rings. The number of carbonyl (C=O) groups is 1. The van der Waals surface area contributed by atoms with Gasteiger partial charge in [0, 0.05) is 16.1 Å². The fourth-order valence-electron chi connectivity index (χ4n) is 3.04. The summed E-state index contributed by atoms with van der Waals surface area (Å²) in [7, 11) is 0. The van der Waals surface area contributed by atoms with Crippen LogP contribution in [0.3, 0.4) is 0 Å². The molecule has 0 unspecified atom stereocenters. The number of hydrogen-bond donors (Lipinski definition) is 0. The molecule has 4 rings (SSSR count). The molecule has 0 radical (unpaired) electrons.